The number of benzene rings is 1. The number of rotatable bonds is 5. The van der Waals surface area contributed by atoms with Gasteiger partial charge in [-0.05, 0) is 37.3 Å². The van der Waals surface area contributed by atoms with Crippen LogP contribution in [0.5, 0.6) is 5.88 Å². The van der Waals surface area contributed by atoms with Crippen molar-refractivity contribution in [3.63, 3.8) is 0 Å². The predicted octanol–water partition coefficient (Wildman–Crippen LogP) is 3.96. The molecule has 2 aromatic rings. The molecule has 1 heterocycles. The molecule has 1 aliphatic carbocycles. The number of aromatic nitrogens is 1. The molecule has 0 bridgehead atoms. The van der Waals surface area contributed by atoms with Gasteiger partial charge in [-0.2, -0.15) is 0 Å². The number of nitrogens with zero attached hydrogens (tertiary/aromatic N) is 1. The van der Waals surface area contributed by atoms with E-state index >= 15 is 0 Å². The van der Waals surface area contributed by atoms with Crippen LogP contribution in [0.1, 0.15) is 30.0 Å². The quantitative estimate of drug-likeness (QED) is 0.891. The van der Waals surface area contributed by atoms with E-state index < -0.39 is 0 Å². The lowest BCUT2D eigenvalue weighted by molar-refractivity contribution is 0.398. The highest BCUT2D eigenvalue weighted by molar-refractivity contribution is 5.45. The Hall–Kier alpha value is -2.03. The fraction of sp³-hybridized carbons (Fsp3) is 0.353. The molecule has 1 fully saturated rings. The summed E-state index contributed by atoms with van der Waals surface area (Å²) >= 11 is 0. The van der Waals surface area contributed by atoms with Crippen molar-refractivity contribution in [3.8, 4) is 5.88 Å². The highest BCUT2D eigenvalue weighted by Crippen LogP contribution is 2.42. The first-order valence-corrected chi connectivity index (χ1v) is 7.09. The summed E-state index contributed by atoms with van der Waals surface area (Å²) in [6.07, 6.45) is 4.44. The van der Waals surface area contributed by atoms with E-state index in [2.05, 4.69) is 41.5 Å². The first-order valence-electron chi connectivity index (χ1n) is 7.09. The zero-order chi connectivity index (χ0) is 13.9. The number of methoxy groups -OCH3 is 1. The highest BCUT2D eigenvalue weighted by Gasteiger charge is 2.32. The van der Waals surface area contributed by atoms with Gasteiger partial charge in [-0.1, -0.05) is 29.8 Å². The number of anilines is 1. The Balaban J connectivity index is 1.78. The molecule has 1 atom stereocenters. The molecule has 1 aliphatic rings. The number of nitrogens with one attached hydrogen (secondary N) is 1. The largest absolute Gasteiger partial charge is 0.481 e. The molecule has 3 nitrogen and oxygen atoms in total. The fourth-order valence-electron chi connectivity index (χ4n) is 2.44. The summed E-state index contributed by atoms with van der Waals surface area (Å²) in [4.78, 5) is 4.25. The molecule has 3 heteroatoms. The van der Waals surface area contributed by atoms with Gasteiger partial charge in [-0.15, -0.1) is 0 Å². The van der Waals surface area contributed by atoms with Crippen LogP contribution in [0, 0.1) is 12.8 Å². The molecule has 1 saturated carbocycles. The summed E-state index contributed by atoms with van der Waals surface area (Å²) in [6.45, 7) is 2.12. The van der Waals surface area contributed by atoms with Crippen LogP contribution in [0.15, 0.2) is 42.6 Å². The molecule has 0 amide bonds. The minimum Gasteiger partial charge on any atom is -0.481 e. The minimum atomic E-state index is 0.380. The van der Waals surface area contributed by atoms with Crippen LogP contribution in [0.25, 0.3) is 0 Å². The SMILES string of the molecule is COc1ccc(NC(c2ccc(C)cc2)C2CC2)cn1. The van der Waals surface area contributed by atoms with E-state index in [0.717, 1.165) is 11.6 Å². The predicted molar refractivity (Wildman–Crippen MR) is 81.1 cm³/mol. The molecule has 0 saturated heterocycles. The molecule has 0 aliphatic heterocycles. The number of hydrogen-bond donors (Lipinski definition) is 1. The number of aryl methyl sites for hydroxylation is 1. The molecule has 0 spiro atoms. The van der Waals surface area contributed by atoms with Gasteiger partial charge in [0.25, 0.3) is 0 Å². The lowest BCUT2D eigenvalue weighted by atomic mass is 10.0. The first-order chi connectivity index (χ1) is 9.76. The summed E-state index contributed by atoms with van der Waals surface area (Å²) in [5.74, 6) is 1.38. The zero-order valence-corrected chi connectivity index (χ0v) is 12.0. The van der Waals surface area contributed by atoms with Gasteiger partial charge in [0.05, 0.1) is 25.0 Å². The lowest BCUT2D eigenvalue weighted by Crippen LogP contribution is -2.13. The van der Waals surface area contributed by atoms with Crippen molar-refractivity contribution in [2.24, 2.45) is 5.92 Å². The first kappa shape index (κ1) is 13.0. The van der Waals surface area contributed by atoms with Gasteiger partial charge in [-0.25, -0.2) is 4.98 Å². The molecule has 3 rings (SSSR count). The highest BCUT2D eigenvalue weighted by atomic mass is 16.5. The second-order valence-electron chi connectivity index (χ2n) is 5.46. The molecule has 1 unspecified atom stereocenters. The Morgan fingerprint density at radius 3 is 2.45 bits per heavy atom. The molecule has 104 valence electrons. The second kappa shape index (κ2) is 5.53. The Morgan fingerprint density at radius 2 is 1.90 bits per heavy atom. The van der Waals surface area contributed by atoms with Gasteiger partial charge in [0.2, 0.25) is 5.88 Å². The molecular formula is C17H20N2O. The third-order valence-corrected chi connectivity index (χ3v) is 3.80. The van der Waals surface area contributed by atoms with Crippen molar-refractivity contribution in [2.75, 3.05) is 12.4 Å². The molecule has 20 heavy (non-hydrogen) atoms. The maximum absolute atomic E-state index is 5.09. The van der Waals surface area contributed by atoms with Crippen molar-refractivity contribution in [1.29, 1.82) is 0 Å². The second-order valence-corrected chi connectivity index (χ2v) is 5.46. The number of pyridine rings is 1. The van der Waals surface area contributed by atoms with Crippen molar-refractivity contribution >= 4 is 5.69 Å². The van der Waals surface area contributed by atoms with Crippen LogP contribution < -0.4 is 10.1 Å². The van der Waals surface area contributed by atoms with E-state index in [9.17, 15) is 0 Å². The Bertz CT molecular complexity index is 559. The van der Waals surface area contributed by atoms with Gasteiger partial charge >= 0.3 is 0 Å². The normalized spacial score (nSPS) is 15.7. The summed E-state index contributed by atoms with van der Waals surface area (Å²) < 4.78 is 5.09. The number of hydrogen-bond acceptors (Lipinski definition) is 3. The van der Waals surface area contributed by atoms with Crippen molar-refractivity contribution < 1.29 is 4.74 Å². The molecule has 0 radical (unpaired) electrons. The van der Waals surface area contributed by atoms with E-state index in [1.165, 1.54) is 24.0 Å². The van der Waals surface area contributed by atoms with Crippen LogP contribution >= 0.6 is 0 Å². The van der Waals surface area contributed by atoms with E-state index in [-0.39, 0.29) is 0 Å². The van der Waals surface area contributed by atoms with Crippen LogP contribution in [0.4, 0.5) is 5.69 Å². The maximum Gasteiger partial charge on any atom is 0.213 e. The minimum absolute atomic E-state index is 0.380. The van der Waals surface area contributed by atoms with Crippen molar-refractivity contribution in [1.82, 2.24) is 4.98 Å². The number of ether oxygens (including phenoxy) is 1. The standard InChI is InChI=1S/C17H20N2O/c1-12-3-5-13(6-4-12)17(14-7-8-14)19-15-9-10-16(20-2)18-11-15/h3-6,9-11,14,17,19H,7-8H2,1-2H3. The van der Waals surface area contributed by atoms with Gasteiger partial charge in [-0.3, -0.25) is 0 Å². The Morgan fingerprint density at radius 1 is 1.15 bits per heavy atom. The fourth-order valence-corrected chi connectivity index (χ4v) is 2.44. The zero-order valence-electron chi connectivity index (χ0n) is 12.0. The Labute approximate surface area is 120 Å². The van der Waals surface area contributed by atoms with Crippen LogP contribution in [-0.2, 0) is 0 Å². The van der Waals surface area contributed by atoms with E-state index in [0.29, 0.717) is 11.9 Å². The van der Waals surface area contributed by atoms with E-state index in [4.69, 9.17) is 4.74 Å². The van der Waals surface area contributed by atoms with Gasteiger partial charge in [0, 0.05) is 6.07 Å². The third kappa shape index (κ3) is 2.93. The van der Waals surface area contributed by atoms with Crippen molar-refractivity contribution in [3.05, 3.63) is 53.7 Å². The lowest BCUT2D eigenvalue weighted by Gasteiger charge is -2.20. The molecule has 1 aromatic carbocycles. The van der Waals surface area contributed by atoms with Crippen molar-refractivity contribution in [2.45, 2.75) is 25.8 Å². The molecule has 1 N–H and O–H groups in total. The average Bonchev–Trinajstić information content (AvgIpc) is 3.31. The summed E-state index contributed by atoms with van der Waals surface area (Å²) in [5.41, 5.74) is 3.70. The summed E-state index contributed by atoms with van der Waals surface area (Å²) in [7, 11) is 1.63. The van der Waals surface area contributed by atoms with Gasteiger partial charge in [0.1, 0.15) is 0 Å². The maximum atomic E-state index is 5.09. The van der Waals surface area contributed by atoms with Crippen LogP contribution in [0.2, 0.25) is 0 Å². The van der Waals surface area contributed by atoms with Gasteiger partial charge in [0.15, 0.2) is 0 Å². The van der Waals surface area contributed by atoms with Crippen LogP contribution in [-0.4, -0.2) is 12.1 Å². The molecular weight excluding hydrogens is 248 g/mol. The monoisotopic (exact) mass is 268 g/mol. The smallest absolute Gasteiger partial charge is 0.213 e. The third-order valence-electron chi connectivity index (χ3n) is 3.80. The Kier molecular flexibility index (Phi) is 3.59. The van der Waals surface area contributed by atoms with E-state index in [1.807, 2.05) is 18.3 Å². The average molecular weight is 268 g/mol. The topological polar surface area (TPSA) is 34.1 Å². The van der Waals surface area contributed by atoms with Gasteiger partial charge < -0.3 is 10.1 Å². The van der Waals surface area contributed by atoms with Crippen LogP contribution in [0.3, 0.4) is 0 Å². The summed E-state index contributed by atoms with van der Waals surface area (Å²) in [5, 5.41) is 3.61. The summed E-state index contributed by atoms with van der Waals surface area (Å²) in [6, 6.07) is 13.1. The van der Waals surface area contributed by atoms with E-state index in [1.54, 1.807) is 7.11 Å². The molecule has 1 aromatic heterocycles.